The first-order chi connectivity index (χ1) is 9.38. The van der Waals surface area contributed by atoms with E-state index in [1.165, 1.54) is 0 Å². The summed E-state index contributed by atoms with van der Waals surface area (Å²) in [6.07, 6.45) is 4.30. The van der Waals surface area contributed by atoms with Gasteiger partial charge in [0.05, 0.1) is 12.1 Å². The SMILES string of the molecule is CNc1cc(NC2(CO)CCCC2)nc(C(C)(C)C)n1. The minimum absolute atomic E-state index is 0.106. The lowest BCUT2D eigenvalue weighted by atomic mass is 9.95. The zero-order valence-electron chi connectivity index (χ0n) is 13.0. The summed E-state index contributed by atoms with van der Waals surface area (Å²) in [6, 6.07) is 1.91. The lowest BCUT2D eigenvalue weighted by Gasteiger charge is -2.29. The Kier molecular flexibility index (Phi) is 4.18. The topological polar surface area (TPSA) is 70.1 Å². The van der Waals surface area contributed by atoms with Crippen LogP contribution in [0, 0.1) is 0 Å². The zero-order chi connectivity index (χ0) is 14.8. The number of nitrogens with zero attached hydrogens (tertiary/aromatic N) is 2. The Morgan fingerprint density at radius 1 is 1.20 bits per heavy atom. The van der Waals surface area contributed by atoms with Crippen molar-refractivity contribution in [2.75, 3.05) is 24.3 Å². The molecular formula is C15H26N4O. The van der Waals surface area contributed by atoms with Crippen molar-refractivity contribution in [3.63, 3.8) is 0 Å². The van der Waals surface area contributed by atoms with Gasteiger partial charge in [-0.25, -0.2) is 9.97 Å². The standard InChI is InChI=1S/C15H26N4O/c1-14(2,3)13-17-11(16-4)9-12(18-13)19-15(10-20)7-5-6-8-15/h9,20H,5-8,10H2,1-4H3,(H2,16,17,18,19). The lowest BCUT2D eigenvalue weighted by molar-refractivity contribution is 0.213. The molecule has 0 atom stereocenters. The van der Waals surface area contributed by atoms with Crippen LogP contribution in [0.1, 0.15) is 52.3 Å². The molecule has 0 spiro atoms. The Morgan fingerprint density at radius 3 is 2.30 bits per heavy atom. The fraction of sp³-hybridized carbons (Fsp3) is 0.733. The average Bonchev–Trinajstić information content (AvgIpc) is 2.86. The molecule has 0 radical (unpaired) electrons. The third-order valence-electron chi connectivity index (χ3n) is 3.91. The van der Waals surface area contributed by atoms with E-state index in [2.05, 4.69) is 41.4 Å². The van der Waals surface area contributed by atoms with Crippen LogP contribution in [-0.4, -0.2) is 34.3 Å². The van der Waals surface area contributed by atoms with E-state index < -0.39 is 0 Å². The minimum atomic E-state index is -0.214. The van der Waals surface area contributed by atoms with Crippen molar-refractivity contribution in [1.29, 1.82) is 0 Å². The molecule has 0 saturated heterocycles. The molecule has 5 nitrogen and oxygen atoms in total. The van der Waals surface area contributed by atoms with Crippen LogP contribution in [0.15, 0.2) is 6.07 Å². The van der Waals surface area contributed by atoms with Gasteiger partial charge in [-0.3, -0.25) is 0 Å². The second-order valence-electron chi connectivity index (χ2n) is 6.73. The van der Waals surface area contributed by atoms with Crippen LogP contribution in [-0.2, 0) is 5.41 Å². The van der Waals surface area contributed by atoms with Gasteiger partial charge in [-0.2, -0.15) is 0 Å². The van der Waals surface area contributed by atoms with Gasteiger partial charge >= 0.3 is 0 Å². The predicted molar refractivity (Wildman–Crippen MR) is 82.2 cm³/mol. The van der Waals surface area contributed by atoms with Gasteiger partial charge in [0.2, 0.25) is 0 Å². The van der Waals surface area contributed by atoms with Gasteiger partial charge < -0.3 is 15.7 Å². The Labute approximate surface area is 121 Å². The Bertz CT molecular complexity index is 461. The highest BCUT2D eigenvalue weighted by molar-refractivity contribution is 5.49. The van der Waals surface area contributed by atoms with Gasteiger partial charge in [-0.1, -0.05) is 33.6 Å². The second kappa shape index (κ2) is 5.56. The van der Waals surface area contributed by atoms with E-state index in [1.807, 2.05) is 13.1 Å². The molecule has 1 saturated carbocycles. The van der Waals surface area contributed by atoms with Crippen LogP contribution in [0.3, 0.4) is 0 Å². The van der Waals surface area contributed by atoms with Crippen molar-refractivity contribution in [3.05, 3.63) is 11.9 Å². The molecule has 1 heterocycles. The van der Waals surface area contributed by atoms with Crippen LogP contribution in [0.2, 0.25) is 0 Å². The normalized spacial score (nSPS) is 18.1. The molecule has 112 valence electrons. The number of aliphatic hydroxyl groups is 1. The van der Waals surface area contributed by atoms with E-state index in [-0.39, 0.29) is 17.6 Å². The largest absolute Gasteiger partial charge is 0.394 e. The van der Waals surface area contributed by atoms with E-state index >= 15 is 0 Å². The summed E-state index contributed by atoms with van der Waals surface area (Å²) < 4.78 is 0. The summed E-state index contributed by atoms with van der Waals surface area (Å²) in [7, 11) is 1.86. The molecule has 20 heavy (non-hydrogen) atoms. The average molecular weight is 278 g/mol. The molecule has 0 amide bonds. The van der Waals surface area contributed by atoms with Gasteiger partial charge in [-0.15, -0.1) is 0 Å². The number of aliphatic hydroxyl groups excluding tert-OH is 1. The first-order valence-electron chi connectivity index (χ1n) is 7.35. The van der Waals surface area contributed by atoms with Crippen LogP contribution < -0.4 is 10.6 Å². The highest BCUT2D eigenvalue weighted by atomic mass is 16.3. The molecule has 2 rings (SSSR count). The van der Waals surface area contributed by atoms with Gasteiger partial charge in [0, 0.05) is 18.5 Å². The van der Waals surface area contributed by atoms with Crippen LogP contribution in [0.25, 0.3) is 0 Å². The van der Waals surface area contributed by atoms with Crippen LogP contribution >= 0.6 is 0 Å². The van der Waals surface area contributed by atoms with E-state index in [0.717, 1.165) is 43.1 Å². The number of rotatable bonds is 4. The summed E-state index contributed by atoms with van der Waals surface area (Å²) in [4.78, 5) is 9.16. The lowest BCUT2D eigenvalue weighted by Crippen LogP contribution is -2.39. The molecule has 5 heteroatoms. The first-order valence-corrected chi connectivity index (χ1v) is 7.35. The molecule has 0 aromatic carbocycles. The molecule has 3 N–H and O–H groups in total. The second-order valence-corrected chi connectivity index (χ2v) is 6.73. The van der Waals surface area contributed by atoms with E-state index in [4.69, 9.17) is 0 Å². The summed E-state index contributed by atoms with van der Waals surface area (Å²) in [6.45, 7) is 6.45. The van der Waals surface area contributed by atoms with Gasteiger partial charge in [-0.05, 0) is 12.8 Å². The van der Waals surface area contributed by atoms with Crippen molar-refractivity contribution in [1.82, 2.24) is 9.97 Å². The summed E-state index contributed by atoms with van der Waals surface area (Å²) >= 11 is 0. The van der Waals surface area contributed by atoms with Crippen LogP contribution in [0.4, 0.5) is 11.6 Å². The summed E-state index contributed by atoms with van der Waals surface area (Å²) in [5.74, 6) is 2.40. The molecule has 1 aromatic heterocycles. The number of aromatic nitrogens is 2. The third-order valence-corrected chi connectivity index (χ3v) is 3.91. The van der Waals surface area contributed by atoms with E-state index in [9.17, 15) is 5.11 Å². The molecule has 1 aliphatic carbocycles. The third kappa shape index (κ3) is 3.20. The Morgan fingerprint density at radius 2 is 1.80 bits per heavy atom. The van der Waals surface area contributed by atoms with Crippen molar-refractivity contribution in [3.8, 4) is 0 Å². The van der Waals surface area contributed by atoms with Gasteiger partial charge in [0.25, 0.3) is 0 Å². The molecule has 1 fully saturated rings. The van der Waals surface area contributed by atoms with Gasteiger partial charge in [0.15, 0.2) is 0 Å². The number of hydrogen-bond acceptors (Lipinski definition) is 5. The van der Waals surface area contributed by atoms with Crippen molar-refractivity contribution >= 4 is 11.6 Å². The molecule has 1 aliphatic rings. The maximum Gasteiger partial charge on any atom is 0.138 e. The van der Waals surface area contributed by atoms with E-state index in [1.54, 1.807) is 0 Å². The molecule has 0 unspecified atom stereocenters. The quantitative estimate of drug-likeness (QED) is 0.789. The zero-order valence-corrected chi connectivity index (χ0v) is 13.0. The van der Waals surface area contributed by atoms with E-state index in [0.29, 0.717) is 0 Å². The minimum Gasteiger partial charge on any atom is -0.394 e. The predicted octanol–water partition coefficient (Wildman–Crippen LogP) is 2.53. The van der Waals surface area contributed by atoms with Crippen molar-refractivity contribution < 1.29 is 5.11 Å². The molecule has 0 bridgehead atoms. The number of anilines is 2. The molecular weight excluding hydrogens is 252 g/mol. The van der Waals surface area contributed by atoms with Crippen molar-refractivity contribution in [2.24, 2.45) is 0 Å². The molecule has 1 aromatic rings. The maximum absolute atomic E-state index is 9.71. The molecule has 0 aliphatic heterocycles. The summed E-state index contributed by atoms with van der Waals surface area (Å²) in [5.41, 5.74) is -0.320. The van der Waals surface area contributed by atoms with Crippen molar-refractivity contribution in [2.45, 2.75) is 57.4 Å². The summed E-state index contributed by atoms with van der Waals surface area (Å²) in [5, 5.41) is 16.2. The number of hydrogen-bond donors (Lipinski definition) is 3. The maximum atomic E-state index is 9.71. The monoisotopic (exact) mass is 278 g/mol. The Balaban J connectivity index is 2.31. The highest BCUT2D eigenvalue weighted by Gasteiger charge is 2.33. The first kappa shape index (κ1) is 15.0. The van der Waals surface area contributed by atoms with Crippen LogP contribution in [0.5, 0.6) is 0 Å². The van der Waals surface area contributed by atoms with Gasteiger partial charge in [0.1, 0.15) is 17.5 Å². The number of nitrogens with one attached hydrogen (secondary N) is 2. The smallest absolute Gasteiger partial charge is 0.138 e. The Hall–Kier alpha value is -1.36. The fourth-order valence-electron chi connectivity index (χ4n) is 2.62. The fourth-order valence-corrected chi connectivity index (χ4v) is 2.62. The highest BCUT2D eigenvalue weighted by Crippen LogP contribution is 2.33.